The van der Waals surface area contributed by atoms with Crippen LogP contribution >= 0.6 is 0 Å². The van der Waals surface area contributed by atoms with Gasteiger partial charge in [0.25, 0.3) is 0 Å². The number of benzene rings is 1. The molecule has 0 aliphatic heterocycles. The zero-order chi connectivity index (χ0) is 13.8. The van der Waals surface area contributed by atoms with Gasteiger partial charge >= 0.3 is 0 Å². The first-order valence-electron chi connectivity index (χ1n) is 6.13. The Balaban J connectivity index is 2.10. The van der Waals surface area contributed by atoms with Crippen molar-refractivity contribution < 1.29 is 8.78 Å². The number of hydrogen-bond acceptors (Lipinski definition) is 2. The number of nitrogens with zero attached hydrogens (tertiary/aromatic N) is 2. The average molecular weight is 262 g/mol. The van der Waals surface area contributed by atoms with E-state index in [1.54, 1.807) is 12.3 Å². The predicted octanol–water partition coefficient (Wildman–Crippen LogP) is 3.55. The maximum atomic E-state index is 13.2. The van der Waals surface area contributed by atoms with Gasteiger partial charge in [-0.15, -0.1) is 0 Å². The maximum Gasteiger partial charge on any atom is 0.159 e. The minimum absolute atomic E-state index is 0.0166. The Morgan fingerprint density at radius 3 is 2.58 bits per heavy atom. The molecule has 19 heavy (non-hydrogen) atoms. The van der Waals surface area contributed by atoms with Gasteiger partial charge in [-0.2, -0.15) is 0 Å². The molecule has 1 aromatic carbocycles. The SMILES string of the molecule is CC(c1ccc(F)c(F)c1)N(C)Cc1ccccn1. The molecule has 1 atom stereocenters. The molecule has 1 unspecified atom stereocenters. The maximum absolute atomic E-state index is 13.2. The van der Waals surface area contributed by atoms with Gasteiger partial charge < -0.3 is 0 Å². The Labute approximate surface area is 111 Å². The van der Waals surface area contributed by atoms with Gasteiger partial charge in [0.15, 0.2) is 11.6 Å². The minimum Gasteiger partial charge on any atom is -0.294 e. The lowest BCUT2D eigenvalue weighted by Crippen LogP contribution is -2.22. The van der Waals surface area contributed by atoms with Gasteiger partial charge in [-0.05, 0) is 43.8 Å². The van der Waals surface area contributed by atoms with Crippen LogP contribution in [0.1, 0.15) is 24.2 Å². The van der Waals surface area contributed by atoms with Crippen LogP contribution in [-0.2, 0) is 6.54 Å². The van der Waals surface area contributed by atoms with Crippen molar-refractivity contribution in [2.45, 2.75) is 19.5 Å². The Morgan fingerprint density at radius 1 is 1.16 bits per heavy atom. The fourth-order valence-electron chi connectivity index (χ4n) is 1.91. The number of hydrogen-bond donors (Lipinski definition) is 0. The summed E-state index contributed by atoms with van der Waals surface area (Å²) in [6.07, 6.45) is 1.74. The van der Waals surface area contributed by atoms with E-state index in [-0.39, 0.29) is 6.04 Å². The molecule has 0 saturated heterocycles. The number of rotatable bonds is 4. The van der Waals surface area contributed by atoms with Gasteiger partial charge in [-0.25, -0.2) is 8.78 Å². The second-order valence-corrected chi connectivity index (χ2v) is 4.59. The van der Waals surface area contributed by atoms with Gasteiger partial charge in [0.1, 0.15) is 0 Å². The third kappa shape index (κ3) is 3.35. The second-order valence-electron chi connectivity index (χ2n) is 4.59. The molecule has 0 N–H and O–H groups in total. The summed E-state index contributed by atoms with van der Waals surface area (Å²) in [6.45, 7) is 2.61. The molecular formula is C15H16F2N2. The van der Waals surface area contributed by atoms with Gasteiger partial charge in [0.05, 0.1) is 5.69 Å². The second kappa shape index (κ2) is 5.89. The van der Waals surface area contributed by atoms with Crippen LogP contribution in [0.4, 0.5) is 8.78 Å². The molecule has 2 rings (SSSR count). The summed E-state index contributed by atoms with van der Waals surface area (Å²) in [5.74, 6) is -1.63. The van der Waals surface area contributed by atoms with E-state index < -0.39 is 11.6 Å². The molecule has 1 aromatic heterocycles. The Morgan fingerprint density at radius 2 is 1.95 bits per heavy atom. The first-order chi connectivity index (χ1) is 9.08. The number of aromatic nitrogens is 1. The van der Waals surface area contributed by atoms with Crippen molar-refractivity contribution in [1.29, 1.82) is 0 Å². The van der Waals surface area contributed by atoms with Gasteiger partial charge in [-0.1, -0.05) is 12.1 Å². The van der Waals surface area contributed by atoms with E-state index in [9.17, 15) is 8.78 Å². The summed E-state index contributed by atoms with van der Waals surface area (Å²) in [5, 5.41) is 0. The molecule has 100 valence electrons. The first-order valence-corrected chi connectivity index (χ1v) is 6.13. The van der Waals surface area contributed by atoms with E-state index in [1.165, 1.54) is 6.07 Å². The zero-order valence-electron chi connectivity index (χ0n) is 11.0. The van der Waals surface area contributed by atoms with Crippen LogP contribution in [0.3, 0.4) is 0 Å². The van der Waals surface area contributed by atoms with Crippen LogP contribution < -0.4 is 0 Å². The van der Waals surface area contributed by atoms with Crippen LogP contribution in [0.5, 0.6) is 0 Å². The van der Waals surface area contributed by atoms with E-state index >= 15 is 0 Å². The molecule has 0 aliphatic carbocycles. The van der Waals surface area contributed by atoms with Crippen molar-refractivity contribution in [1.82, 2.24) is 9.88 Å². The van der Waals surface area contributed by atoms with Crippen molar-refractivity contribution in [3.05, 3.63) is 65.5 Å². The third-order valence-corrected chi connectivity index (χ3v) is 3.22. The molecule has 2 aromatic rings. The largest absolute Gasteiger partial charge is 0.294 e. The fourth-order valence-corrected chi connectivity index (χ4v) is 1.91. The van der Waals surface area contributed by atoms with E-state index in [4.69, 9.17) is 0 Å². The quantitative estimate of drug-likeness (QED) is 0.837. The lowest BCUT2D eigenvalue weighted by Gasteiger charge is -2.24. The highest BCUT2D eigenvalue weighted by molar-refractivity contribution is 5.21. The standard InChI is InChI=1S/C15H16F2N2/c1-11(12-6-7-14(16)15(17)9-12)19(2)10-13-5-3-4-8-18-13/h3-9,11H,10H2,1-2H3. The molecule has 0 aliphatic rings. The highest BCUT2D eigenvalue weighted by Crippen LogP contribution is 2.21. The van der Waals surface area contributed by atoms with Gasteiger partial charge in [-0.3, -0.25) is 9.88 Å². The van der Waals surface area contributed by atoms with Gasteiger partial charge in [0, 0.05) is 18.8 Å². The van der Waals surface area contributed by atoms with Crippen LogP contribution in [-0.4, -0.2) is 16.9 Å². The number of halogens is 2. The summed E-state index contributed by atoms with van der Waals surface area (Å²) in [7, 11) is 1.93. The first kappa shape index (κ1) is 13.6. The smallest absolute Gasteiger partial charge is 0.159 e. The Hall–Kier alpha value is -1.81. The van der Waals surface area contributed by atoms with Crippen molar-refractivity contribution >= 4 is 0 Å². The lowest BCUT2D eigenvalue weighted by atomic mass is 10.1. The average Bonchev–Trinajstić information content (AvgIpc) is 2.42. The summed E-state index contributed by atoms with van der Waals surface area (Å²) < 4.78 is 26.1. The summed E-state index contributed by atoms with van der Waals surface area (Å²) >= 11 is 0. The zero-order valence-corrected chi connectivity index (χ0v) is 11.0. The number of pyridine rings is 1. The van der Waals surface area contributed by atoms with E-state index in [0.29, 0.717) is 6.54 Å². The summed E-state index contributed by atoms with van der Waals surface area (Å²) in [4.78, 5) is 6.29. The molecule has 2 nitrogen and oxygen atoms in total. The molecule has 0 radical (unpaired) electrons. The highest BCUT2D eigenvalue weighted by Gasteiger charge is 2.14. The fraction of sp³-hybridized carbons (Fsp3) is 0.267. The van der Waals surface area contributed by atoms with Crippen LogP contribution in [0.25, 0.3) is 0 Å². The molecular weight excluding hydrogens is 246 g/mol. The van der Waals surface area contributed by atoms with E-state index in [0.717, 1.165) is 17.3 Å². The lowest BCUT2D eigenvalue weighted by molar-refractivity contribution is 0.249. The van der Waals surface area contributed by atoms with E-state index in [2.05, 4.69) is 4.98 Å². The third-order valence-electron chi connectivity index (χ3n) is 3.22. The summed E-state index contributed by atoms with van der Waals surface area (Å²) in [5.41, 5.74) is 1.69. The predicted molar refractivity (Wildman–Crippen MR) is 70.5 cm³/mol. The van der Waals surface area contributed by atoms with Crippen molar-refractivity contribution in [2.24, 2.45) is 0 Å². The normalized spacial score (nSPS) is 12.7. The molecule has 1 heterocycles. The van der Waals surface area contributed by atoms with E-state index in [1.807, 2.05) is 37.1 Å². The Kier molecular flexibility index (Phi) is 4.22. The topological polar surface area (TPSA) is 16.1 Å². The molecule has 0 spiro atoms. The highest BCUT2D eigenvalue weighted by atomic mass is 19.2. The van der Waals surface area contributed by atoms with Crippen LogP contribution in [0, 0.1) is 11.6 Å². The summed E-state index contributed by atoms with van der Waals surface area (Å²) in [6, 6.07) is 9.73. The molecule has 0 bridgehead atoms. The minimum atomic E-state index is -0.816. The molecule has 0 saturated carbocycles. The molecule has 4 heteroatoms. The van der Waals surface area contributed by atoms with Crippen molar-refractivity contribution in [3.8, 4) is 0 Å². The van der Waals surface area contributed by atoms with Crippen LogP contribution in [0.15, 0.2) is 42.6 Å². The molecule has 0 fully saturated rings. The van der Waals surface area contributed by atoms with Crippen LogP contribution in [0.2, 0.25) is 0 Å². The van der Waals surface area contributed by atoms with Crippen molar-refractivity contribution in [2.75, 3.05) is 7.05 Å². The Bertz CT molecular complexity index is 543. The molecule has 0 amide bonds. The van der Waals surface area contributed by atoms with Crippen molar-refractivity contribution in [3.63, 3.8) is 0 Å². The van der Waals surface area contributed by atoms with Gasteiger partial charge in [0.2, 0.25) is 0 Å². The monoisotopic (exact) mass is 262 g/mol.